The molecule has 0 spiro atoms. The van der Waals surface area contributed by atoms with Crippen LogP contribution in [0.2, 0.25) is 0 Å². The third kappa shape index (κ3) is 6.21. The van der Waals surface area contributed by atoms with E-state index in [2.05, 4.69) is 10.3 Å². The van der Waals surface area contributed by atoms with E-state index in [1.807, 2.05) is 24.4 Å². The molecule has 1 heterocycles. The number of ether oxygens (including phenoxy) is 2. The van der Waals surface area contributed by atoms with Crippen LogP contribution in [-0.4, -0.2) is 45.8 Å². The van der Waals surface area contributed by atoms with Crippen molar-refractivity contribution in [2.45, 2.75) is 13.3 Å². The van der Waals surface area contributed by atoms with Crippen LogP contribution >= 0.6 is 11.3 Å². The number of hydrogen-bond donors (Lipinski definition) is 1. The SMILES string of the molecule is CCCOc1ccccc1OCC(=O)Nc1nc(-c2ccc(N(C)S(C)(=O)=O)cc2)cs1. The van der Waals surface area contributed by atoms with E-state index in [-0.39, 0.29) is 12.5 Å². The van der Waals surface area contributed by atoms with Gasteiger partial charge in [-0.3, -0.25) is 14.4 Å². The van der Waals surface area contributed by atoms with Crippen molar-refractivity contribution in [1.29, 1.82) is 0 Å². The second kappa shape index (κ2) is 10.5. The molecule has 0 fully saturated rings. The van der Waals surface area contributed by atoms with E-state index in [0.29, 0.717) is 34.6 Å². The van der Waals surface area contributed by atoms with E-state index in [0.717, 1.165) is 18.2 Å². The predicted molar refractivity (Wildman–Crippen MR) is 127 cm³/mol. The number of thiazole rings is 1. The van der Waals surface area contributed by atoms with Gasteiger partial charge < -0.3 is 9.47 Å². The van der Waals surface area contributed by atoms with E-state index >= 15 is 0 Å². The normalized spacial score (nSPS) is 11.1. The second-order valence-electron chi connectivity index (χ2n) is 6.95. The Hall–Kier alpha value is -3.11. The Morgan fingerprint density at radius 2 is 1.75 bits per heavy atom. The summed E-state index contributed by atoms with van der Waals surface area (Å²) in [6.45, 7) is 2.41. The average Bonchev–Trinajstić information content (AvgIpc) is 3.24. The van der Waals surface area contributed by atoms with Gasteiger partial charge in [-0.15, -0.1) is 11.3 Å². The molecule has 1 N–H and O–H groups in total. The predicted octanol–water partition coefficient (Wildman–Crippen LogP) is 4.01. The van der Waals surface area contributed by atoms with Crippen molar-refractivity contribution in [2.75, 3.05) is 36.1 Å². The molecule has 0 radical (unpaired) electrons. The maximum atomic E-state index is 12.3. The second-order valence-corrected chi connectivity index (χ2v) is 9.82. The lowest BCUT2D eigenvalue weighted by Crippen LogP contribution is -2.24. The molecule has 170 valence electrons. The fourth-order valence-electron chi connectivity index (χ4n) is 2.70. The highest BCUT2D eigenvalue weighted by Crippen LogP contribution is 2.28. The van der Waals surface area contributed by atoms with Gasteiger partial charge in [0.2, 0.25) is 10.0 Å². The highest BCUT2D eigenvalue weighted by Gasteiger charge is 2.13. The number of carbonyl (C=O) groups is 1. The summed E-state index contributed by atoms with van der Waals surface area (Å²) in [5.74, 6) is 0.778. The summed E-state index contributed by atoms with van der Waals surface area (Å²) in [5.41, 5.74) is 2.05. The van der Waals surface area contributed by atoms with Gasteiger partial charge in [0.1, 0.15) is 0 Å². The van der Waals surface area contributed by atoms with E-state index < -0.39 is 10.0 Å². The Morgan fingerprint density at radius 1 is 1.09 bits per heavy atom. The van der Waals surface area contributed by atoms with Crippen LogP contribution in [0.25, 0.3) is 11.3 Å². The summed E-state index contributed by atoms with van der Waals surface area (Å²) >= 11 is 1.29. The molecule has 0 atom stereocenters. The standard InChI is InChI=1S/C22H25N3O5S2/c1-4-13-29-19-7-5-6-8-20(19)30-14-21(26)24-22-23-18(15-31-22)16-9-11-17(12-10-16)25(2)32(3,27)28/h5-12,15H,4,13-14H2,1-3H3,(H,23,24,26). The van der Waals surface area contributed by atoms with Crippen molar-refractivity contribution in [1.82, 2.24) is 4.98 Å². The minimum absolute atomic E-state index is 0.173. The van der Waals surface area contributed by atoms with Crippen molar-refractivity contribution in [2.24, 2.45) is 0 Å². The van der Waals surface area contributed by atoms with Crippen molar-refractivity contribution in [3.63, 3.8) is 0 Å². The molecule has 0 aliphatic carbocycles. The first-order valence-corrected chi connectivity index (χ1v) is 12.6. The van der Waals surface area contributed by atoms with Gasteiger partial charge in [-0.2, -0.15) is 0 Å². The molecule has 32 heavy (non-hydrogen) atoms. The van der Waals surface area contributed by atoms with Crippen molar-refractivity contribution < 1.29 is 22.7 Å². The molecule has 2 aromatic carbocycles. The minimum atomic E-state index is -3.32. The molecule has 3 rings (SSSR count). The van der Waals surface area contributed by atoms with E-state index in [1.165, 1.54) is 22.7 Å². The quantitative estimate of drug-likeness (QED) is 0.476. The number of benzene rings is 2. The van der Waals surface area contributed by atoms with Crippen LogP contribution < -0.4 is 19.1 Å². The van der Waals surface area contributed by atoms with Gasteiger partial charge in [-0.05, 0) is 30.7 Å². The lowest BCUT2D eigenvalue weighted by molar-refractivity contribution is -0.118. The fourth-order valence-corrected chi connectivity index (χ4v) is 3.94. The first-order valence-electron chi connectivity index (χ1n) is 9.92. The summed E-state index contributed by atoms with van der Waals surface area (Å²) in [4.78, 5) is 16.7. The van der Waals surface area contributed by atoms with Crippen molar-refractivity contribution >= 4 is 38.1 Å². The fraction of sp³-hybridized carbons (Fsp3) is 0.273. The number of amides is 1. The van der Waals surface area contributed by atoms with Crippen LogP contribution in [0.3, 0.4) is 0 Å². The van der Waals surface area contributed by atoms with Gasteiger partial charge >= 0.3 is 0 Å². The zero-order chi connectivity index (χ0) is 23.1. The number of rotatable bonds is 10. The van der Waals surface area contributed by atoms with Crippen LogP contribution in [0.4, 0.5) is 10.8 Å². The Labute approximate surface area is 191 Å². The highest BCUT2D eigenvalue weighted by atomic mass is 32.2. The smallest absolute Gasteiger partial charge is 0.264 e. The molecular weight excluding hydrogens is 450 g/mol. The molecule has 0 bridgehead atoms. The number of anilines is 2. The van der Waals surface area contributed by atoms with E-state index in [4.69, 9.17) is 9.47 Å². The minimum Gasteiger partial charge on any atom is -0.490 e. The van der Waals surface area contributed by atoms with Gasteiger partial charge in [-0.1, -0.05) is 31.2 Å². The molecule has 1 amide bonds. The lowest BCUT2D eigenvalue weighted by atomic mass is 10.1. The molecule has 0 saturated heterocycles. The van der Waals surface area contributed by atoms with Gasteiger partial charge in [-0.25, -0.2) is 13.4 Å². The average molecular weight is 476 g/mol. The first-order chi connectivity index (χ1) is 15.3. The molecule has 0 saturated carbocycles. The summed E-state index contributed by atoms with van der Waals surface area (Å²) in [6.07, 6.45) is 2.02. The summed E-state index contributed by atoms with van der Waals surface area (Å²) in [7, 11) is -1.83. The van der Waals surface area contributed by atoms with Gasteiger partial charge in [0.25, 0.3) is 5.91 Å². The summed E-state index contributed by atoms with van der Waals surface area (Å²) in [6, 6.07) is 14.2. The van der Waals surface area contributed by atoms with E-state index in [9.17, 15) is 13.2 Å². The molecular formula is C22H25N3O5S2. The molecule has 8 nitrogen and oxygen atoms in total. The molecule has 0 unspecified atom stereocenters. The van der Waals surface area contributed by atoms with E-state index in [1.54, 1.807) is 36.4 Å². The Morgan fingerprint density at radius 3 is 2.38 bits per heavy atom. The Balaban J connectivity index is 1.59. The van der Waals surface area contributed by atoms with Gasteiger partial charge in [0.15, 0.2) is 23.2 Å². The van der Waals surface area contributed by atoms with Crippen molar-refractivity contribution in [3.8, 4) is 22.8 Å². The summed E-state index contributed by atoms with van der Waals surface area (Å²) in [5, 5.41) is 4.99. The Bertz CT molecular complexity index is 1160. The lowest BCUT2D eigenvalue weighted by Gasteiger charge is -2.16. The van der Waals surface area contributed by atoms with Gasteiger partial charge in [0.05, 0.1) is 24.2 Å². The largest absolute Gasteiger partial charge is 0.490 e. The molecule has 10 heteroatoms. The maximum Gasteiger partial charge on any atom is 0.264 e. The zero-order valence-corrected chi connectivity index (χ0v) is 19.7. The van der Waals surface area contributed by atoms with Crippen LogP contribution in [0.15, 0.2) is 53.9 Å². The molecule has 1 aromatic heterocycles. The number of para-hydroxylation sites is 2. The topological polar surface area (TPSA) is 97.8 Å². The molecule has 0 aliphatic heterocycles. The molecule has 3 aromatic rings. The number of nitrogens with zero attached hydrogens (tertiary/aromatic N) is 2. The number of sulfonamides is 1. The molecule has 0 aliphatic rings. The third-order valence-electron chi connectivity index (χ3n) is 4.44. The number of carbonyl (C=O) groups excluding carboxylic acids is 1. The summed E-state index contributed by atoms with van der Waals surface area (Å²) < 4.78 is 35.8. The van der Waals surface area contributed by atoms with Crippen LogP contribution in [0.5, 0.6) is 11.5 Å². The monoisotopic (exact) mass is 475 g/mol. The van der Waals surface area contributed by atoms with Crippen LogP contribution in [0.1, 0.15) is 13.3 Å². The number of nitrogens with one attached hydrogen (secondary N) is 1. The highest BCUT2D eigenvalue weighted by molar-refractivity contribution is 7.92. The first kappa shape index (κ1) is 23.6. The van der Waals surface area contributed by atoms with Crippen LogP contribution in [0, 0.1) is 0 Å². The zero-order valence-electron chi connectivity index (χ0n) is 18.1. The Kier molecular flexibility index (Phi) is 7.70. The van der Waals surface area contributed by atoms with Crippen LogP contribution in [-0.2, 0) is 14.8 Å². The third-order valence-corrected chi connectivity index (χ3v) is 6.41. The number of aromatic nitrogens is 1. The number of hydrogen-bond acceptors (Lipinski definition) is 7. The maximum absolute atomic E-state index is 12.3. The van der Waals surface area contributed by atoms with Gasteiger partial charge in [0, 0.05) is 18.0 Å². The van der Waals surface area contributed by atoms with Crippen molar-refractivity contribution in [3.05, 3.63) is 53.9 Å².